The van der Waals surface area contributed by atoms with Gasteiger partial charge in [0, 0.05) is 26.2 Å². The molecule has 2 amide bonds. The molecular weight excluding hydrogens is 353 g/mol. The lowest BCUT2D eigenvalue weighted by Gasteiger charge is -2.34. The van der Waals surface area contributed by atoms with E-state index in [0.29, 0.717) is 31.7 Å². The minimum atomic E-state index is -1.09. The van der Waals surface area contributed by atoms with E-state index in [0.717, 1.165) is 0 Å². The van der Waals surface area contributed by atoms with Crippen LogP contribution in [0.5, 0.6) is 0 Å². The molecule has 1 aromatic carbocycles. The van der Waals surface area contributed by atoms with Crippen LogP contribution in [-0.4, -0.2) is 72.0 Å². The van der Waals surface area contributed by atoms with Crippen molar-refractivity contribution in [2.45, 2.75) is 6.42 Å². The Morgan fingerprint density at radius 2 is 1.76 bits per heavy atom. The zero-order chi connectivity index (χ0) is 17.5. The van der Waals surface area contributed by atoms with Crippen molar-refractivity contribution in [3.05, 3.63) is 35.6 Å². The van der Waals surface area contributed by atoms with Gasteiger partial charge in [-0.3, -0.25) is 19.3 Å². The first-order chi connectivity index (χ1) is 11.5. The van der Waals surface area contributed by atoms with Gasteiger partial charge in [0.25, 0.3) is 0 Å². The van der Waals surface area contributed by atoms with E-state index in [2.05, 4.69) is 5.32 Å². The van der Waals surface area contributed by atoms with Gasteiger partial charge in [0.15, 0.2) is 0 Å². The van der Waals surface area contributed by atoms with Gasteiger partial charge in [0.05, 0.1) is 13.0 Å². The maximum absolute atomic E-state index is 13.6. The summed E-state index contributed by atoms with van der Waals surface area (Å²) in [6, 6.07) is 6.20. The number of amides is 2. The average Bonchev–Trinajstić information content (AvgIpc) is 2.55. The summed E-state index contributed by atoms with van der Waals surface area (Å²) in [6.07, 6.45) is 0.0196. The molecule has 1 heterocycles. The topological polar surface area (TPSA) is 89.9 Å². The number of piperazine rings is 1. The number of nitrogens with zero attached hydrogens (tertiary/aromatic N) is 2. The summed E-state index contributed by atoms with van der Waals surface area (Å²) in [6.45, 7) is 1.65. The SMILES string of the molecule is Cl.O=C(O)CNC(=O)CN1CCN(C(=O)Cc2ccccc2F)CC1. The molecule has 0 bridgehead atoms. The van der Waals surface area contributed by atoms with E-state index in [4.69, 9.17) is 5.11 Å². The Hall–Kier alpha value is -2.19. The van der Waals surface area contributed by atoms with Crippen LogP contribution in [0.15, 0.2) is 24.3 Å². The number of carbonyl (C=O) groups excluding carboxylic acids is 2. The molecule has 1 fully saturated rings. The molecule has 9 heteroatoms. The summed E-state index contributed by atoms with van der Waals surface area (Å²) in [5, 5.41) is 10.8. The second kappa shape index (κ2) is 9.95. The number of carbonyl (C=O) groups is 3. The molecule has 0 saturated carbocycles. The lowest BCUT2D eigenvalue weighted by Crippen LogP contribution is -2.51. The molecule has 2 N–H and O–H groups in total. The molecule has 138 valence electrons. The Kier molecular flexibility index (Phi) is 8.30. The second-order valence-electron chi connectivity index (χ2n) is 5.60. The predicted molar refractivity (Wildman–Crippen MR) is 91.0 cm³/mol. The van der Waals surface area contributed by atoms with Crippen LogP contribution in [0.4, 0.5) is 4.39 Å². The maximum Gasteiger partial charge on any atom is 0.322 e. The van der Waals surface area contributed by atoms with E-state index < -0.39 is 12.5 Å². The minimum absolute atomic E-state index is 0. The largest absolute Gasteiger partial charge is 0.480 e. The quantitative estimate of drug-likeness (QED) is 0.740. The normalized spacial score (nSPS) is 14.5. The number of halogens is 2. The van der Waals surface area contributed by atoms with Gasteiger partial charge in [-0.15, -0.1) is 12.4 Å². The Labute approximate surface area is 151 Å². The summed E-state index contributed by atoms with van der Waals surface area (Å²) in [5.41, 5.74) is 0.373. The first-order valence-corrected chi connectivity index (χ1v) is 7.67. The average molecular weight is 374 g/mol. The first kappa shape index (κ1) is 20.9. The number of rotatable bonds is 6. The van der Waals surface area contributed by atoms with Crippen molar-refractivity contribution in [1.82, 2.24) is 15.1 Å². The molecule has 1 aliphatic rings. The molecule has 1 aromatic rings. The third kappa shape index (κ3) is 6.67. The van der Waals surface area contributed by atoms with Gasteiger partial charge in [-0.05, 0) is 11.6 Å². The zero-order valence-corrected chi connectivity index (χ0v) is 14.4. The predicted octanol–water partition coefficient (Wildman–Crippen LogP) is 0.135. The van der Waals surface area contributed by atoms with Crippen molar-refractivity contribution in [1.29, 1.82) is 0 Å². The van der Waals surface area contributed by atoms with Crippen LogP contribution in [0.1, 0.15) is 5.56 Å². The van der Waals surface area contributed by atoms with Gasteiger partial charge >= 0.3 is 5.97 Å². The maximum atomic E-state index is 13.6. The standard InChI is InChI=1S/C16H20FN3O4.ClH/c17-13-4-2-1-3-12(13)9-15(22)20-7-5-19(6-8-20)11-14(21)18-10-16(23)24;/h1-4H,5-11H2,(H,18,21)(H,23,24);1H. The van der Waals surface area contributed by atoms with Crippen molar-refractivity contribution in [2.24, 2.45) is 0 Å². The number of benzene rings is 1. The molecule has 0 spiro atoms. The molecular formula is C16H21ClFN3O4. The Morgan fingerprint density at radius 3 is 2.36 bits per heavy atom. The summed E-state index contributed by atoms with van der Waals surface area (Å²) >= 11 is 0. The molecule has 1 saturated heterocycles. The summed E-state index contributed by atoms with van der Waals surface area (Å²) in [4.78, 5) is 37.7. The van der Waals surface area contributed by atoms with E-state index in [-0.39, 0.29) is 43.0 Å². The number of hydrogen-bond donors (Lipinski definition) is 2. The molecule has 0 aromatic heterocycles. The number of carboxylic acids is 1. The molecule has 1 aliphatic heterocycles. The van der Waals surface area contributed by atoms with Gasteiger partial charge in [0.2, 0.25) is 11.8 Å². The van der Waals surface area contributed by atoms with Crippen molar-refractivity contribution < 1.29 is 23.9 Å². The molecule has 0 aliphatic carbocycles. The highest BCUT2D eigenvalue weighted by Crippen LogP contribution is 2.10. The second-order valence-corrected chi connectivity index (χ2v) is 5.60. The van der Waals surface area contributed by atoms with Gasteiger partial charge in [-0.2, -0.15) is 0 Å². The van der Waals surface area contributed by atoms with E-state index in [1.165, 1.54) is 6.07 Å². The number of aliphatic carboxylic acids is 1. The fourth-order valence-corrected chi connectivity index (χ4v) is 2.51. The Bertz CT molecular complexity index is 621. The van der Waals surface area contributed by atoms with E-state index in [1.807, 2.05) is 4.90 Å². The smallest absolute Gasteiger partial charge is 0.322 e. The highest BCUT2D eigenvalue weighted by molar-refractivity contribution is 5.85. The fourth-order valence-electron chi connectivity index (χ4n) is 2.51. The summed E-state index contributed by atoms with van der Waals surface area (Å²) < 4.78 is 13.6. The number of nitrogens with one attached hydrogen (secondary N) is 1. The zero-order valence-electron chi connectivity index (χ0n) is 13.6. The third-order valence-electron chi connectivity index (χ3n) is 3.83. The highest BCUT2D eigenvalue weighted by Gasteiger charge is 2.23. The molecule has 7 nitrogen and oxygen atoms in total. The van der Waals surface area contributed by atoms with Gasteiger partial charge in [-0.1, -0.05) is 18.2 Å². The van der Waals surface area contributed by atoms with E-state index >= 15 is 0 Å². The van der Waals surface area contributed by atoms with Gasteiger partial charge in [-0.25, -0.2) is 4.39 Å². The Morgan fingerprint density at radius 1 is 1.12 bits per heavy atom. The number of hydrogen-bond acceptors (Lipinski definition) is 4. The fraction of sp³-hybridized carbons (Fsp3) is 0.438. The molecule has 25 heavy (non-hydrogen) atoms. The Balaban J connectivity index is 0.00000312. The van der Waals surface area contributed by atoms with Crippen LogP contribution in [0.2, 0.25) is 0 Å². The van der Waals surface area contributed by atoms with Crippen LogP contribution in [0, 0.1) is 5.82 Å². The molecule has 0 atom stereocenters. The lowest BCUT2D eigenvalue weighted by atomic mass is 10.1. The lowest BCUT2D eigenvalue weighted by molar-refractivity contribution is -0.138. The van der Waals surface area contributed by atoms with Crippen LogP contribution in [0.3, 0.4) is 0 Å². The molecule has 2 rings (SSSR count). The van der Waals surface area contributed by atoms with E-state index in [9.17, 15) is 18.8 Å². The molecule has 0 radical (unpaired) electrons. The third-order valence-corrected chi connectivity index (χ3v) is 3.83. The van der Waals surface area contributed by atoms with Crippen LogP contribution in [-0.2, 0) is 20.8 Å². The van der Waals surface area contributed by atoms with Crippen LogP contribution < -0.4 is 5.32 Å². The first-order valence-electron chi connectivity index (χ1n) is 7.67. The van der Waals surface area contributed by atoms with Crippen molar-refractivity contribution >= 4 is 30.2 Å². The summed E-state index contributed by atoms with van der Waals surface area (Å²) in [7, 11) is 0. The van der Waals surface area contributed by atoms with E-state index in [1.54, 1.807) is 23.1 Å². The van der Waals surface area contributed by atoms with Crippen LogP contribution >= 0.6 is 12.4 Å². The highest BCUT2D eigenvalue weighted by atomic mass is 35.5. The molecule has 0 unspecified atom stereocenters. The monoisotopic (exact) mass is 373 g/mol. The van der Waals surface area contributed by atoms with Gasteiger partial charge in [0.1, 0.15) is 12.4 Å². The minimum Gasteiger partial charge on any atom is -0.480 e. The van der Waals surface area contributed by atoms with Crippen LogP contribution in [0.25, 0.3) is 0 Å². The van der Waals surface area contributed by atoms with Crippen molar-refractivity contribution in [3.8, 4) is 0 Å². The number of carboxylic acid groups (broad SMARTS) is 1. The summed E-state index contributed by atoms with van der Waals surface area (Å²) in [5.74, 6) is -1.98. The van der Waals surface area contributed by atoms with Crippen molar-refractivity contribution in [3.63, 3.8) is 0 Å². The van der Waals surface area contributed by atoms with Gasteiger partial charge < -0.3 is 15.3 Å². The van der Waals surface area contributed by atoms with Crippen molar-refractivity contribution in [2.75, 3.05) is 39.3 Å².